The molecule has 1 saturated carbocycles. The van der Waals surface area contributed by atoms with Gasteiger partial charge in [-0.15, -0.1) is 0 Å². The highest BCUT2D eigenvalue weighted by Crippen LogP contribution is 2.40. The third-order valence-electron chi connectivity index (χ3n) is 7.63. The number of rotatable bonds is 7. The summed E-state index contributed by atoms with van der Waals surface area (Å²) < 4.78 is 18.4. The molecule has 1 aliphatic heterocycles. The lowest BCUT2D eigenvalue weighted by atomic mass is 9.93. The molecule has 2 heterocycles. The van der Waals surface area contributed by atoms with E-state index in [0.717, 1.165) is 47.9 Å². The topological polar surface area (TPSA) is 82.0 Å². The van der Waals surface area contributed by atoms with Crippen LogP contribution >= 0.6 is 0 Å². The summed E-state index contributed by atoms with van der Waals surface area (Å²) in [5, 5.41) is 4.03. The van der Waals surface area contributed by atoms with Gasteiger partial charge in [-0.05, 0) is 55.7 Å². The number of carbonyl (C=O) groups excluding carboxylic acids is 2. The first kappa shape index (κ1) is 24.0. The second-order valence-corrected chi connectivity index (χ2v) is 9.82. The predicted molar refractivity (Wildman–Crippen MR) is 137 cm³/mol. The molecule has 0 bridgehead atoms. The number of carbonyl (C=O) groups is 2. The highest BCUT2D eigenvalue weighted by atomic mass is 16.5. The van der Waals surface area contributed by atoms with Crippen LogP contribution in [0.25, 0.3) is 10.9 Å². The van der Waals surface area contributed by atoms with Gasteiger partial charge in [0.25, 0.3) is 5.91 Å². The summed E-state index contributed by atoms with van der Waals surface area (Å²) in [4.78, 5) is 29.7. The van der Waals surface area contributed by atoms with Crippen molar-refractivity contribution in [2.45, 2.75) is 57.3 Å². The van der Waals surface area contributed by atoms with Crippen LogP contribution in [-0.4, -0.2) is 54.2 Å². The van der Waals surface area contributed by atoms with E-state index in [-0.39, 0.29) is 17.9 Å². The van der Waals surface area contributed by atoms with Gasteiger partial charge in [0.15, 0.2) is 0 Å². The van der Waals surface area contributed by atoms with Crippen molar-refractivity contribution in [3.63, 3.8) is 0 Å². The summed E-state index contributed by atoms with van der Waals surface area (Å²) in [5.41, 5.74) is 1.08. The standard InChI is InChI=1S/C28H33N3O5/c1-28(27(33)29-19-7-5-6-8-19)17-30-22(15-21-23(35-3)13-14-24(36-4)25(21)30)26(32)31(28)16-18-9-11-20(34-2)12-10-18/h9-15,19H,5-8,16-17H2,1-4H3,(H,29,33)/t28-/m0/s1. The Kier molecular flexibility index (Phi) is 6.28. The van der Waals surface area contributed by atoms with Gasteiger partial charge in [-0.25, -0.2) is 0 Å². The van der Waals surface area contributed by atoms with Crippen LogP contribution in [0.5, 0.6) is 17.2 Å². The molecular formula is C28H33N3O5. The zero-order valence-corrected chi connectivity index (χ0v) is 21.3. The average molecular weight is 492 g/mol. The largest absolute Gasteiger partial charge is 0.497 e. The smallest absolute Gasteiger partial charge is 0.271 e. The number of ether oxygens (including phenoxy) is 3. The Labute approximate surface area is 211 Å². The molecule has 1 aliphatic carbocycles. The van der Waals surface area contributed by atoms with Crippen LogP contribution in [0.15, 0.2) is 42.5 Å². The van der Waals surface area contributed by atoms with Crippen molar-refractivity contribution >= 4 is 22.7 Å². The van der Waals surface area contributed by atoms with E-state index in [9.17, 15) is 9.59 Å². The molecule has 5 rings (SSSR count). The lowest BCUT2D eigenvalue weighted by Crippen LogP contribution is -2.64. The highest BCUT2D eigenvalue weighted by Gasteiger charge is 2.48. The molecule has 0 unspecified atom stereocenters. The second kappa shape index (κ2) is 9.41. The summed E-state index contributed by atoms with van der Waals surface area (Å²) in [6, 6.07) is 13.2. The second-order valence-electron chi connectivity index (χ2n) is 9.82. The number of hydrogen-bond donors (Lipinski definition) is 1. The third-order valence-corrected chi connectivity index (χ3v) is 7.63. The predicted octanol–water partition coefficient (Wildman–Crippen LogP) is 4.14. The number of methoxy groups -OCH3 is 3. The van der Waals surface area contributed by atoms with E-state index >= 15 is 0 Å². The van der Waals surface area contributed by atoms with Crippen molar-refractivity contribution in [2.24, 2.45) is 0 Å². The first-order valence-corrected chi connectivity index (χ1v) is 12.4. The number of aromatic nitrogens is 1. The normalized spacial score (nSPS) is 19.9. The summed E-state index contributed by atoms with van der Waals surface area (Å²) >= 11 is 0. The fourth-order valence-electron chi connectivity index (χ4n) is 5.53. The van der Waals surface area contributed by atoms with Crippen LogP contribution < -0.4 is 19.5 Å². The number of nitrogens with one attached hydrogen (secondary N) is 1. The van der Waals surface area contributed by atoms with Crippen molar-refractivity contribution < 1.29 is 23.8 Å². The molecule has 0 radical (unpaired) electrons. The fourth-order valence-corrected chi connectivity index (χ4v) is 5.53. The summed E-state index contributed by atoms with van der Waals surface area (Å²) in [7, 11) is 4.83. The Morgan fingerprint density at radius 2 is 1.67 bits per heavy atom. The van der Waals surface area contributed by atoms with E-state index in [1.54, 1.807) is 26.2 Å². The van der Waals surface area contributed by atoms with Gasteiger partial charge in [-0.2, -0.15) is 0 Å². The lowest BCUT2D eigenvalue weighted by Gasteiger charge is -2.44. The van der Waals surface area contributed by atoms with Crippen molar-refractivity contribution in [1.29, 1.82) is 0 Å². The van der Waals surface area contributed by atoms with Crippen LogP contribution in [0.4, 0.5) is 0 Å². The van der Waals surface area contributed by atoms with E-state index in [1.165, 1.54) is 0 Å². The Morgan fingerprint density at radius 3 is 2.31 bits per heavy atom. The van der Waals surface area contributed by atoms with Gasteiger partial charge in [-0.1, -0.05) is 25.0 Å². The molecule has 8 heteroatoms. The summed E-state index contributed by atoms with van der Waals surface area (Å²) in [6.07, 6.45) is 4.16. The SMILES string of the molecule is COc1ccc(CN2C(=O)c3cc4c(OC)ccc(OC)c4n3C[C@@]2(C)C(=O)NC2CCCC2)cc1. The number of nitrogens with zero attached hydrogens (tertiary/aromatic N) is 2. The van der Waals surface area contributed by atoms with Crippen LogP contribution in [0.1, 0.15) is 48.7 Å². The van der Waals surface area contributed by atoms with Crippen molar-refractivity contribution in [3.8, 4) is 17.2 Å². The van der Waals surface area contributed by atoms with Gasteiger partial charge in [0.1, 0.15) is 28.5 Å². The van der Waals surface area contributed by atoms with Gasteiger partial charge in [0, 0.05) is 18.0 Å². The molecule has 1 fully saturated rings. The van der Waals surface area contributed by atoms with E-state index in [4.69, 9.17) is 14.2 Å². The summed E-state index contributed by atoms with van der Waals surface area (Å²) in [6.45, 7) is 2.46. The number of hydrogen-bond acceptors (Lipinski definition) is 5. The van der Waals surface area contributed by atoms with Crippen LogP contribution in [0, 0.1) is 0 Å². The first-order valence-electron chi connectivity index (χ1n) is 12.4. The fraction of sp³-hybridized carbons (Fsp3) is 0.429. The zero-order chi connectivity index (χ0) is 25.4. The molecule has 3 aromatic rings. The van der Waals surface area contributed by atoms with E-state index in [2.05, 4.69) is 5.32 Å². The van der Waals surface area contributed by atoms with Gasteiger partial charge in [0.2, 0.25) is 5.91 Å². The molecule has 1 N–H and O–H groups in total. The van der Waals surface area contributed by atoms with E-state index < -0.39 is 5.54 Å². The molecule has 8 nitrogen and oxygen atoms in total. The Bertz CT molecular complexity index is 1290. The average Bonchev–Trinajstić information content (AvgIpc) is 3.54. The molecule has 2 amide bonds. The minimum Gasteiger partial charge on any atom is -0.497 e. The molecule has 36 heavy (non-hydrogen) atoms. The Morgan fingerprint density at radius 1 is 1.00 bits per heavy atom. The molecule has 0 saturated heterocycles. The van der Waals surface area contributed by atoms with E-state index in [1.807, 2.05) is 54.0 Å². The number of fused-ring (bicyclic) bond motifs is 3. The highest BCUT2D eigenvalue weighted by molar-refractivity contribution is 6.05. The quantitative estimate of drug-likeness (QED) is 0.537. The van der Waals surface area contributed by atoms with Gasteiger partial charge < -0.3 is 29.0 Å². The molecule has 1 atom stereocenters. The minimum atomic E-state index is -1.10. The number of amides is 2. The monoisotopic (exact) mass is 491 g/mol. The van der Waals surface area contributed by atoms with Gasteiger partial charge in [0.05, 0.1) is 33.4 Å². The lowest BCUT2D eigenvalue weighted by molar-refractivity contribution is -0.133. The molecule has 1 aromatic heterocycles. The molecule has 2 aliphatic rings. The molecule has 190 valence electrons. The van der Waals surface area contributed by atoms with Crippen molar-refractivity contribution in [2.75, 3.05) is 21.3 Å². The van der Waals surface area contributed by atoms with Gasteiger partial charge in [-0.3, -0.25) is 9.59 Å². The van der Waals surface area contributed by atoms with Crippen molar-refractivity contribution in [1.82, 2.24) is 14.8 Å². The minimum absolute atomic E-state index is 0.134. The first-order chi connectivity index (χ1) is 17.4. The van der Waals surface area contributed by atoms with Crippen LogP contribution in [0.2, 0.25) is 0 Å². The Balaban J connectivity index is 1.61. The molecule has 2 aromatic carbocycles. The van der Waals surface area contributed by atoms with Crippen LogP contribution in [0.3, 0.4) is 0 Å². The molecular weight excluding hydrogens is 458 g/mol. The third kappa shape index (κ3) is 3.94. The van der Waals surface area contributed by atoms with Crippen molar-refractivity contribution in [3.05, 3.63) is 53.7 Å². The number of benzene rings is 2. The van der Waals surface area contributed by atoms with Gasteiger partial charge >= 0.3 is 0 Å². The zero-order valence-electron chi connectivity index (χ0n) is 21.3. The maximum absolute atomic E-state index is 14.1. The Hall–Kier alpha value is -3.68. The van der Waals surface area contributed by atoms with E-state index in [0.29, 0.717) is 30.3 Å². The maximum atomic E-state index is 14.1. The molecule has 0 spiro atoms. The van der Waals surface area contributed by atoms with Crippen LogP contribution in [-0.2, 0) is 17.9 Å². The summed E-state index contributed by atoms with van der Waals surface area (Å²) in [5.74, 6) is 1.68. The maximum Gasteiger partial charge on any atom is 0.271 e.